The van der Waals surface area contributed by atoms with Crippen molar-refractivity contribution in [3.8, 4) is 0 Å². The van der Waals surface area contributed by atoms with Crippen LogP contribution in [0, 0.1) is 0 Å². The molecule has 0 amide bonds. The Balaban J connectivity index is 2.98. The highest BCUT2D eigenvalue weighted by Crippen LogP contribution is 2.22. The summed E-state index contributed by atoms with van der Waals surface area (Å²) < 4.78 is 4.92. The van der Waals surface area contributed by atoms with E-state index in [1.165, 1.54) is 0 Å². The first-order chi connectivity index (χ1) is 8.45. The third kappa shape index (κ3) is 3.52. The lowest BCUT2D eigenvalue weighted by molar-refractivity contribution is -0.138. The molecule has 0 aliphatic rings. The number of nitrogens with zero attached hydrogens (tertiary/aromatic N) is 1. The van der Waals surface area contributed by atoms with E-state index in [0.29, 0.717) is 17.9 Å². The van der Waals surface area contributed by atoms with Gasteiger partial charge >= 0.3 is 5.97 Å². The number of nitrogens with two attached hydrogens (primary N) is 1. The number of rotatable bonds is 4. The average molecular weight is 248 g/mol. The fourth-order valence-corrected chi connectivity index (χ4v) is 1.51. The molecule has 4 nitrogen and oxygen atoms in total. The smallest absolute Gasteiger partial charge is 0.333 e. The van der Waals surface area contributed by atoms with Gasteiger partial charge in [0.05, 0.1) is 6.61 Å². The standard InChI is InChI=1S/C14H20N2O2/c1-5-18-14(17)10(2)8-11-6-7-12(16(3)4)9-13(11)15/h6-9H,5,15H2,1-4H3/b10-8+. The topological polar surface area (TPSA) is 55.6 Å². The minimum atomic E-state index is -0.311. The van der Waals surface area contributed by atoms with Gasteiger partial charge in [-0.2, -0.15) is 0 Å². The molecule has 2 N–H and O–H groups in total. The van der Waals surface area contributed by atoms with Gasteiger partial charge in [-0.25, -0.2) is 4.79 Å². The summed E-state index contributed by atoms with van der Waals surface area (Å²) >= 11 is 0. The molecule has 0 aromatic heterocycles. The van der Waals surface area contributed by atoms with Crippen LogP contribution in [0.4, 0.5) is 11.4 Å². The lowest BCUT2D eigenvalue weighted by atomic mass is 10.1. The molecule has 0 unspecified atom stereocenters. The van der Waals surface area contributed by atoms with E-state index >= 15 is 0 Å². The summed E-state index contributed by atoms with van der Waals surface area (Å²) in [5.74, 6) is -0.311. The van der Waals surface area contributed by atoms with Gasteiger partial charge in [0, 0.05) is 31.0 Å². The van der Waals surface area contributed by atoms with Gasteiger partial charge in [-0.15, -0.1) is 0 Å². The van der Waals surface area contributed by atoms with Crippen LogP contribution < -0.4 is 10.6 Å². The van der Waals surface area contributed by atoms with E-state index in [1.54, 1.807) is 19.9 Å². The van der Waals surface area contributed by atoms with Crippen molar-refractivity contribution < 1.29 is 9.53 Å². The summed E-state index contributed by atoms with van der Waals surface area (Å²) in [6.07, 6.45) is 1.74. The van der Waals surface area contributed by atoms with Gasteiger partial charge in [0.15, 0.2) is 0 Å². The van der Waals surface area contributed by atoms with Crippen molar-refractivity contribution in [1.29, 1.82) is 0 Å². The molecule has 0 saturated carbocycles. The highest BCUT2D eigenvalue weighted by molar-refractivity contribution is 5.94. The molecule has 4 heteroatoms. The third-order valence-electron chi connectivity index (χ3n) is 2.56. The number of hydrogen-bond acceptors (Lipinski definition) is 4. The molecule has 1 aromatic carbocycles. The molecule has 0 atom stereocenters. The molecule has 18 heavy (non-hydrogen) atoms. The Labute approximate surface area is 108 Å². The summed E-state index contributed by atoms with van der Waals surface area (Å²) in [6.45, 7) is 3.88. The van der Waals surface area contributed by atoms with Gasteiger partial charge < -0.3 is 15.4 Å². The number of ether oxygens (including phenoxy) is 1. The summed E-state index contributed by atoms with van der Waals surface area (Å²) in [7, 11) is 3.91. The normalized spacial score (nSPS) is 11.2. The average Bonchev–Trinajstić information content (AvgIpc) is 2.31. The van der Waals surface area contributed by atoms with Crippen molar-refractivity contribution in [2.24, 2.45) is 0 Å². The van der Waals surface area contributed by atoms with Gasteiger partial charge in [-0.3, -0.25) is 0 Å². The van der Waals surface area contributed by atoms with E-state index in [1.807, 2.05) is 37.2 Å². The lowest BCUT2D eigenvalue weighted by Crippen LogP contribution is -2.09. The Morgan fingerprint density at radius 1 is 1.44 bits per heavy atom. The first-order valence-corrected chi connectivity index (χ1v) is 5.88. The predicted octanol–water partition coefficient (Wildman–Crippen LogP) is 2.30. The molecule has 0 aliphatic heterocycles. The van der Waals surface area contributed by atoms with Crippen LogP contribution in [-0.4, -0.2) is 26.7 Å². The molecule has 0 spiro atoms. The van der Waals surface area contributed by atoms with E-state index in [9.17, 15) is 4.79 Å². The molecule has 1 rings (SSSR count). The van der Waals surface area contributed by atoms with Crippen LogP contribution in [0.25, 0.3) is 6.08 Å². The number of anilines is 2. The molecule has 0 bridgehead atoms. The first-order valence-electron chi connectivity index (χ1n) is 5.88. The van der Waals surface area contributed by atoms with Gasteiger partial charge in [0.25, 0.3) is 0 Å². The van der Waals surface area contributed by atoms with Crippen molar-refractivity contribution in [2.75, 3.05) is 31.3 Å². The highest BCUT2D eigenvalue weighted by atomic mass is 16.5. The van der Waals surface area contributed by atoms with E-state index in [4.69, 9.17) is 10.5 Å². The Morgan fingerprint density at radius 3 is 2.61 bits per heavy atom. The maximum atomic E-state index is 11.5. The zero-order chi connectivity index (χ0) is 13.7. The van der Waals surface area contributed by atoms with E-state index in [0.717, 1.165) is 11.3 Å². The van der Waals surface area contributed by atoms with Crippen LogP contribution in [-0.2, 0) is 9.53 Å². The largest absolute Gasteiger partial charge is 0.463 e. The predicted molar refractivity (Wildman–Crippen MR) is 75.5 cm³/mol. The molecule has 1 aromatic rings. The summed E-state index contributed by atoms with van der Waals surface area (Å²) in [4.78, 5) is 13.5. The SMILES string of the molecule is CCOC(=O)/C(C)=C/c1ccc(N(C)C)cc1N. The number of hydrogen-bond donors (Lipinski definition) is 1. The van der Waals surface area contributed by atoms with Crippen LogP contribution in [0.2, 0.25) is 0 Å². The third-order valence-corrected chi connectivity index (χ3v) is 2.56. The second-order valence-electron chi connectivity index (χ2n) is 4.26. The maximum Gasteiger partial charge on any atom is 0.333 e. The van der Waals surface area contributed by atoms with Crippen LogP contribution in [0.15, 0.2) is 23.8 Å². The van der Waals surface area contributed by atoms with E-state index in [2.05, 4.69) is 0 Å². The van der Waals surface area contributed by atoms with Crippen LogP contribution in [0.1, 0.15) is 19.4 Å². The molecule has 0 saturated heterocycles. The summed E-state index contributed by atoms with van der Waals surface area (Å²) in [6, 6.07) is 5.73. The fraction of sp³-hybridized carbons (Fsp3) is 0.357. The zero-order valence-electron chi connectivity index (χ0n) is 11.4. The van der Waals surface area contributed by atoms with Crippen molar-refractivity contribution in [3.05, 3.63) is 29.3 Å². The first kappa shape index (κ1) is 14.1. The zero-order valence-corrected chi connectivity index (χ0v) is 11.4. The van der Waals surface area contributed by atoms with E-state index < -0.39 is 0 Å². The van der Waals surface area contributed by atoms with Crippen molar-refractivity contribution >= 4 is 23.4 Å². The number of benzene rings is 1. The molecular formula is C14H20N2O2. The number of nitrogen functional groups attached to an aromatic ring is 1. The van der Waals surface area contributed by atoms with Gasteiger partial charge in [-0.05, 0) is 37.6 Å². The van der Waals surface area contributed by atoms with Crippen LogP contribution in [0.5, 0.6) is 0 Å². The van der Waals surface area contributed by atoms with E-state index in [-0.39, 0.29) is 5.97 Å². The van der Waals surface area contributed by atoms with Crippen molar-refractivity contribution in [1.82, 2.24) is 0 Å². The van der Waals surface area contributed by atoms with Gasteiger partial charge in [0.2, 0.25) is 0 Å². The molecule has 0 radical (unpaired) electrons. The minimum absolute atomic E-state index is 0.311. The van der Waals surface area contributed by atoms with Crippen molar-refractivity contribution in [3.63, 3.8) is 0 Å². The monoisotopic (exact) mass is 248 g/mol. The highest BCUT2D eigenvalue weighted by Gasteiger charge is 2.06. The van der Waals surface area contributed by atoms with Crippen molar-refractivity contribution in [2.45, 2.75) is 13.8 Å². The Morgan fingerprint density at radius 2 is 2.11 bits per heavy atom. The molecule has 0 aliphatic carbocycles. The van der Waals surface area contributed by atoms with Crippen LogP contribution >= 0.6 is 0 Å². The maximum absolute atomic E-state index is 11.5. The second kappa shape index (κ2) is 6.10. The molecule has 98 valence electrons. The fourth-order valence-electron chi connectivity index (χ4n) is 1.51. The Kier molecular flexibility index (Phi) is 4.77. The second-order valence-corrected chi connectivity index (χ2v) is 4.26. The minimum Gasteiger partial charge on any atom is -0.463 e. The molecule has 0 fully saturated rings. The quantitative estimate of drug-likeness (QED) is 0.504. The Hall–Kier alpha value is -1.97. The molecular weight excluding hydrogens is 228 g/mol. The lowest BCUT2D eigenvalue weighted by Gasteiger charge is -2.14. The number of carbonyl (C=O) groups excluding carboxylic acids is 1. The summed E-state index contributed by atoms with van der Waals surface area (Å²) in [5, 5.41) is 0. The number of carbonyl (C=O) groups is 1. The van der Waals surface area contributed by atoms with Gasteiger partial charge in [0.1, 0.15) is 0 Å². The van der Waals surface area contributed by atoms with Crippen LogP contribution in [0.3, 0.4) is 0 Å². The van der Waals surface area contributed by atoms with Gasteiger partial charge in [-0.1, -0.05) is 6.07 Å². The number of esters is 1. The Bertz CT molecular complexity index is 465. The summed E-state index contributed by atoms with van der Waals surface area (Å²) in [5.41, 5.74) is 9.00. The molecule has 0 heterocycles.